The zero-order valence-electron chi connectivity index (χ0n) is 9.26. The second kappa shape index (κ2) is 4.68. The zero-order valence-corrected chi connectivity index (χ0v) is 9.26. The summed E-state index contributed by atoms with van der Waals surface area (Å²) < 4.78 is 10.5. The SMILES string of the molecule is COc1cc(C)cc(OC)c1CC(=N)N. The van der Waals surface area contributed by atoms with Crippen LogP contribution in [0.15, 0.2) is 12.1 Å². The van der Waals surface area contributed by atoms with E-state index in [0.717, 1.165) is 11.1 Å². The van der Waals surface area contributed by atoms with E-state index in [2.05, 4.69) is 0 Å². The number of nitrogens with one attached hydrogen (secondary N) is 1. The molecule has 0 aromatic heterocycles. The summed E-state index contributed by atoms with van der Waals surface area (Å²) in [7, 11) is 3.19. The number of ether oxygens (including phenoxy) is 2. The van der Waals surface area contributed by atoms with E-state index >= 15 is 0 Å². The van der Waals surface area contributed by atoms with E-state index in [9.17, 15) is 0 Å². The number of hydrogen-bond donors (Lipinski definition) is 2. The van der Waals surface area contributed by atoms with E-state index in [1.165, 1.54) is 0 Å². The first-order valence-electron chi connectivity index (χ1n) is 4.63. The molecule has 0 saturated carbocycles. The quantitative estimate of drug-likeness (QED) is 0.582. The van der Waals surface area contributed by atoms with Crippen molar-refractivity contribution in [3.05, 3.63) is 23.3 Å². The molecule has 0 aliphatic heterocycles. The smallest absolute Gasteiger partial charge is 0.126 e. The van der Waals surface area contributed by atoms with Gasteiger partial charge in [-0.05, 0) is 24.6 Å². The van der Waals surface area contributed by atoms with Crippen molar-refractivity contribution in [3.63, 3.8) is 0 Å². The maximum atomic E-state index is 7.30. The second-order valence-electron chi connectivity index (χ2n) is 3.35. The van der Waals surface area contributed by atoms with Crippen LogP contribution in [0.25, 0.3) is 0 Å². The third-order valence-electron chi connectivity index (χ3n) is 2.12. The van der Waals surface area contributed by atoms with Crippen molar-refractivity contribution in [1.82, 2.24) is 0 Å². The van der Waals surface area contributed by atoms with Crippen LogP contribution in [-0.2, 0) is 6.42 Å². The van der Waals surface area contributed by atoms with Crippen molar-refractivity contribution in [2.75, 3.05) is 14.2 Å². The summed E-state index contributed by atoms with van der Waals surface area (Å²) >= 11 is 0. The van der Waals surface area contributed by atoms with Crippen LogP contribution in [0.1, 0.15) is 11.1 Å². The van der Waals surface area contributed by atoms with Crippen LogP contribution >= 0.6 is 0 Å². The molecule has 4 heteroatoms. The standard InChI is InChI=1S/C11H16N2O2/c1-7-4-9(14-2)8(6-11(12)13)10(5-7)15-3/h4-5H,6H2,1-3H3,(H3,12,13). The van der Waals surface area contributed by atoms with Crippen LogP contribution in [-0.4, -0.2) is 20.1 Å². The van der Waals surface area contributed by atoms with E-state index in [0.29, 0.717) is 17.9 Å². The monoisotopic (exact) mass is 208 g/mol. The summed E-state index contributed by atoms with van der Waals surface area (Å²) in [6.45, 7) is 1.96. The lowest BCUT2D eigenvalue weighted by Crippen LogP contribution is -2.14. The summed E-state index contributed by atoms with van der Waals surface area (Å²) in [6, 6.07) is 3.81. The number of nitrogens with two attached hydrogens (primary N) is 1. The maximum absolute atomic E-state index is 7.30. The Kier molecular flexibility index (Phi) is 3.55. The molecule has 3 N–H and O–H groups in total. The first kappa shape index (κ1) is 11.4. The molecule has 0 aliphatic carbocycles. The molecule has 4 nitrogen and oxygen atoms in total. The Labute approximate surface area is 89.5 Å². The summed E-state index contributed by atoms with van der Waals surface area (Å²) in [5.41, 5.74) is 7.25. The Morgan fingerprint density at radius 2 is 1.73 bits per heavy atom. The number of benzene rings is 1. The minimum Gasteiger partial charge on any atom is -0.496 e. The van der Waals surface area contributed by atoms with Gasteiger partial charge in [0.15, 0.2) is 0 Å². The molecule has 0 aliphatic rings. The van der Waals surface area contributed by atoms with Gasteiger partial charge in [-0.25, -0.2) is 0 Å². The van der Waals surface area contributed by atoms with Crippen molar-refractivity contribution in [2.45, 2.75) is 13.3 Å². The molecule has 82 valence electrons. The van der Waals surface area contributed by atoms with Crippen LogP contribution < -0.4 is 15.2 Å². The van der Waals surface area contributed by atoms with Crippen LogP contribution in [0.2, 0.25) is 0 Å². The first-order valence-corrected chi connectivity index (χ1v) is 4.63. The zero-order chi connectivity index (χ0) is 11.4. The van der Waals surface area contributed by atoms with Crippen molar-refractivity contribution in [2.24, 2.45) is 5.73 Å². The lowest BCUT2D eigenvalue weighted by Gasteiger charge is -2.13. The van der Waals surface area contributed by atoms with Gasteiger partial charge in [0.2, 0.25) is 0 Å². The Morgan fingerprint density at radius 1 is 1.27 bits per heavy atom. The van der Waals surface area contributed by atoms with E-state index in [1.54, 1.807) is 14.2 Å². The summed E-state index contributed by atoms with van der Waals surface area (Å²) in [5.74, 6) is 1.51. The van der Waals surface area contributed by atoms with Crippen molar-refractivity contribution in [1.29, 1.82) is 5.41 Å². The van der Waals surface area contributed by atoms with Gasteiger partial charge in [-0.15, -0.1) is 0 Å². The highest BCUT2D eigenvalue weighted by Gasteiger charge is 2.11. The molecule has 0 heterocycles. The molecule has 0 amide bonds. The van der Waals surface area contributed by atoms with Gasteiger partial charge in [-0.2, -0.15) is 0 Å². The molecular weight excluding hydrogens is 192 g/mol. The topological polar surface area (TPSA) is 68.3 Å². The molecule has 0 spiro atoms. The Hall–Kier alpha value is -1.71. The highest BCUT2D eigenvalue weighted by atomic mass is 16.5. The van der Waals surface area contributed by atoms with E-state index in [1.807, 2.05) is 19.1 Å². The summed E-state index contributed by atoms with van der Waals surface area (Å²) in [5, 5.41) is 7.30. The van der Waals surface area contributed by atoms with E-state index in [4.69, 9.17) is 20.6 Å². The lowest BCUT2D eigenvalue weighted by atomic mass is 10.1. The highest BCUT2D eigenvalue weighted by molar-refractivity contribution is 5.81. The minimum absolute atomic E-state index is 0.0930. The normalized spacial score (nSPS) is 9.80. The fourth-order valence-electron chi connectivity index (χ4n) is 1.48. The van der Waals surface area contributed by atoms with Crippen LogP contribution in [0.5, 0.6) is 11.5 Å². The molecule has 0 saturated heterocycles. The largest absolute Gasteiger partial charge is 0.496 e. The molecule has 0 fully saturated rings. The molecule has 0 bridgehead atoms. The van der Waals surface area contributed by atoms with Gasteiger partial charge in [0.05, 0.1) is 20.1 Å². The average Bonchev–Trinajstić information content (AvgIpc) is 2.19. The fourth-order valence-corrected chi connectivity index (χ4v) is 1.48. The minimum atomic E-state index is 0.0930. The van der Waals surface area contributed by atoms with Crippen molar-refractivity contribution in [3.8, 4) is 11.5 Å². The Morgan fingerprint density at radius 3 is 2.07 bits per heavy atom. The van der Waals surface area contributed by atoms with Gasteiger partial charge in [0.25, 0.3) is 0 Å². The van der Waals surface area contributed by atoms with Gasteiger partial charge in [-0.3, -0.25) is 5.41 Å². The van der Waals surface area contributed by atoms with Gasteiger partial charge < -0.3 is 15.2 Å². The molecular formula is C11H16N2O2. The summed E-state index contributed by atoms with van der Waals surface area (Å²) in [4.78, 5) is 0. The van der Waals surface area contributed by atoms with E-state index in [-0.39, 0.29) is 5.84 Å². The predicted molar refractivity (Wildman–Crippen MR) is 59.9 cm³/mol. The fraction of sp³-hybridized carbons (Fsp3) is 0.364. The van der Waals surface area contributed by atoms with E-state index < -0.39 is 0 Å². The number of methoxy groups -OCH3 is 2. The van der Waals surface area contributed by atoms with Gasteiger partial charge >= 0.3 is 0 Å². The van der Waals surface area contributed by atoms with Crippen molar-refractivity contribution < 1.29 is 9.47 Å². The van der Waals surface area contributed by atoms with Crippen LogP contribution in [0.3, 0.4) is 0 Å². The third-order valence-corrected chi connectivity index (χ3v) is 2.12. The molecule has 0 radical (unpaired) electrons. The number of rotatable bonds is 4. The second-order valence-corrected chi connectivity index (χ2v) is 3.35. The Bertz CT molecular complexity index is 350. The highest BCUT2D eigenvalue weighted by Crippen LogP contribution is 2.30. The number of aryl methyl sites for hydroxylation is 1. The number of hydrogen-bond acceptors (Lipinski definition) is 3. The first-order chi connectivity index (χ1) is 7.08. The molecule has 0 atom stereocenters. The number of amidine groups is 1. The van der Waals surface area contributed by atoms with Crippen LogP contribution in [0, 0.1) is 12.3 Å². The van der Waals surface area contributed by atoms with Crippen molar-refractivity contribution >= 4 is 5.84 Å². The predicted octanol–water partition coefficient (Wildman–Crippen LogP) is 1.49. The molecule has 1 aromatic rings. The van der Waals surface area contributed by atoms with Gasteiger partial charge in [0, 0.05) is 12.0 Å². The molecule has 1 rings (SSSR count). The Balaban J connectivity index is 3.23. The van der Waals surface area contributed by atoms with Gasteiger partial charge in [0.1, 0.15) is 11.5 Å². The third kappa shape index (κ3) is 2.62. The molecule has 15 heavy (non-hydrogen) atoms. The maximum Gasteiger partial charge on any atom is 0.126 e. The molecule has 1 aromatic carbocycles. The lowest BCUT2D eigenvalue weighted by molar-refractivity contribution is 0.387. The average molecular weight is 208 g/mol. The van der Waals surface area contributed by atoms with Crippen LogP contribution in [0.4, 0.5) is 0 Å². The summed E-state index contributed by atoms with van der Waals surface area (Å²) in [6.07, 6.45) is 0.340. The molecule has 0 unspecified atom stereocenters. The van der Waals surface area contributed by atoms with Gasteiger partial charge in [-0.1, -0.05) is 0 Å².